The first-order valence-corrected chi connectivity index (χ1v) is 12.5. The molecule has 8 heteroatoms. The Labute approximate surface area is 206 Å². The van der Waals surface area contributed by atoms with Crippen molar-refractivity contribution in [2.24, 2.45) is 0 Å². The normalized spacial score (nSPS) is 19.2. The summed E-state index contributed by atoms with van der Waals surface area (Å²) >= 11 is 0. The fourth-order valence-corrected chi connectivity index (χ4v) is 5.25. The van der Waals surface area contributed by atoms with Gasteiger partial charge >= 0.3 is 0 Å². The Balaban J connectivity index is 1.27. The van der Waals surface area contributed by atoms with E-state index in [4.69, 9.17) is 5.11 Å². The predicted octanol–water partition coefficient (Wildman–Crippen LogP) is 3.08. The summed E-state index contributed by atoms with van der Waals surface area (Å²) in [5, 5.41) is 12.6. The second-order valence-corrected chi connectivity index (χ2v) is 9.38. The molecule has 2 fully saturated rings. The number of nitrogens with zero attached hydrogens (tertiary/aromatic N) is 5. The van der Waals surface area contributed by atoms with Crippen molar-refractivity contribution in [3.05, 3.63) is 67.1 Å². The molecular formula is C27H34N6O2. The van der Waals surface area contributed by atoms with Crippen molar-refractivity contribution >= 4 is 28.6 Å². The van der Waals surface area contributed by atoms with Gasteiger partial charge in [-0.1, -0.05) is 6.58 Å². The topological polar surface area (TPSA) is 76.4 Å². The molecule has 5 rings (SSSR count). The van der Waals surface area contributed by atoms with E-state index >= 15 is 0 Å². The fraction of sp³-hybridized carbons (Fsp3) is 0.407. The first-order valence-electron chi connectivity index (χ1n) is 12.5. The van der Waals surface area contributed by atoms with E-state index in [-0.39, 0.29) is 12.5 Å². The first kappa shape index (κ1) is 23.4. The highest BCUT2D eigenvalue weighted by molar-refractivity contribution is 5.87. The molecule has 1 aromatic carbocycles. The van der Waals surface area contributed by atoms with Gasteiger partial charge in [0.15, 0.2) is 0 Å². The number of anilines is 3. The number of aliphatic hydroxyl groups excluding tert-OH is 1. The largest absolute Gasteiger partial charge is 0.395 e. The molecule has 2 aliphatic heterocycles. The van der Waals surface area contributed by atoms with Gasteiger partial charge in [-0.05, 0) is 55.3 Å². The summed E-state index contributed by atoms with van der Waals surface area (Å²) in [5.41, 5.74) is 4.47. The Morgan fingerprint density at radius 1 is 1.11 bits per heavy atom. The van der Waals surface area contributed by atoms with Crippen LogP contribution in [-0.2, 0) is 4.79 Å². The minimum Gasteiger partial charge on any atom is -0.395 e. The molecule has 0 spiro atoms. The van der Waals surface area contributed by atoms with Crippen LogP contribution in [0, 0.1) is 0 Å². The average molecular weight is 475 g/mol. The molecule has 2 aromatic heterocycles. The lowest BCUT2D eigenvalue weighted by molar-refractivity contribution is -0.127. The number of hydrogen-bond acceptors (Lipinski definition) is 6. The first-order chi connectivity index (χ1) is 17.1. The third kappa shape index (κ3) is 5.18. The molecule has 2 aliphatic rings. The number of amides is 1. The van der Waals surface area contributed by atoms with Gasteiger partial charge in [-0.3, -0.25) is 9.69 Å². The molecule has 2 saturated heterocycles. The van der Waals surface area contributed by atoms with E-state index in [1.807, 2.05) is 17.3 Å². The van der Waals surface area contributed by atoms with Crippen LogP contribution >= 0.6 is 0 Å². The monoisotopic (exact) mass is 474 g/mol. The molecule has 1 amide bonds. The second kappa shape index (κ2) is 10.5. The van der Waals surface area contributed by atoms with Crippen LogP contribution in [0.2, 0.25) is 0 Å². The number of fused-ring (bicyclic) bond motifs is 1. The van der Waals surface area contributed by atoms with Gasteiger partial charge in [-0.2, -0.15) is 0 Å². The molecule has 0 saturated carbocycles. The maximum atomic E-state index is 12.1. The van der Waals surface area contributed by atoms with Gasteiger partial charge in [0, 0.05) is 68.8 Å². The number of aromatic nitrogens is 2. The molecule has 184 valence electrons. The average Bonchev–Trinajstić information content (AvgIpc) is 3.33. The Kier molecular flexibility index (Phi) is 7.01. The van der Waals surface area contributed by atoms with Crippen molar-refractivity contribution in [3.63, 3.8) is 0 Å². The van der Waals surface area contributed by atoms with Gasteiger partial charge in [0.2, 0.25) is 5.91 Å². The fourth-order valence-electron chi connectivity index (χ4n) is 5.25. The highest BCUT2D eigenvalue weighted by Gasteiger charge is 2.25. The van der Waals surface area contributed by atoms with Gasteiger partial charge in [-0.25, -0.2) is 4.98 Å². The molecule has 0 bridgehead atoms. The Morgan fingerprint density at radius 2 is 1.91 bits per heavy atom. The summed E-state index contributed by atoms with van der Waals surface area (Å²) in [7, 11) is 0. The quantitative estimate of drug-likeness (QED) is 0.513. The molecule has 1 atom stereocenters. The van der Waals surface area contributed by atoms with E-state index in [0.29, 0.717) is 5.92 Å². The standard InChI is InChI=1S/C27H34N6O2/c1-2-27(35)32-11-3-4-21(19-32)25-10-9-24-18-28-26(20-33(24)25)29-22-5-7-23(8-6-22)31-14-12-30(13-15-31)16-17-34/h2,5-10,18,20-21,29,34H,1,3-4,11-17,19H2. The Morgan fingerprint density at radius 3 is 2.66 bits per heavy atom. The number of piperazine rings is 1. The summed E-state index contributed by atoms with van der Waals surface area (Å²) in [4.78, 5) is 23.3. The van der Waals surface area contributed by atoms with Crippen molar-refractivity contribution in [2.75, 3.05) is 62.6 Å². The van der Waals surface area contributed by atoms with Gasteiger partial charge in [0.1, 0.15) is 5.82 Å². The number of nitrogens with one attached hydrogen (secondary N) is 1. The molecular weight excluding hydrogens is 440 g/mol. The van der Waals surface area contributed by atoms with E-state index in [0.717, 1.165) is 75.7 Å². The van der Waals surface area contributed by atoms with Gasteiger partial charge in [-0.15, -0.1) is 0 Å². The SMILES string of the molecule is C=CC(=O)N1CCCC(c2ccc3cnc(Nc4ccc(N5CCN(CCO)CC5)cc4)cn23)C1. The van der Waals surface area contributed by atoms with Crippen LogP contribution in [0.25, 0.3) is 5.52 Å². The zero-order chi connectivity index (χ0) is 24.2. The third-order valence-electron chi connectivity index (χ3n) is 7.19. The summed E-state index contributed by atoms with van der Waals surface area (Å²) in [5.74, 6) is 1.09. The van der Waals surface area contributed by atoms with Crippen molar-refractivity contribution in [1.29, 1.82) is 0 Å². The lowest BCUT2D eigenvalue weighted by Gasteiger charge is -2.35. The molecule has 0 aliphatic carbocycles. The number of likely N-dealkylation sites (tertiary alicyclic amines) is 1. The lowest BCUT2D eigenvalue weighted by Crippen LogP contribution is -2.47. The van der Waals surface area contributed by atoms with Crippen molar-refractivity contribution in [2.45, 2.75) is 18.8 Å². The maximum absolute atomic E-state index is 12.1. The molecule has 2 N–H and O–H groups in total. The molecule has 3 aromatic rings. The van der Waals surface area contributed by atoms with Crippen LogP contribution < -0.4 is 10.2 Å². The number of piperidine rings is 1. The minimum absolute atomic E-state index is 0.00932. The summed E-state index contributed by atoms with van der Waals surface area (Å²) in [6.07, 6.45) is 7.41. The highest BCUT2D eigenvalue weighted by atomic mass is 16.3. The molecule has 8 nitrogen and oxygen atoms in total. The van der Waals surface area contributed by atoms with Gasteiger partial charge < -0.3 is 24.6 Å². The van der Waals surface area contributed by atoms with E-state index in [1.165, 1.54) is 17.5 Å². The van der Waals surface area contributed by atoms with Crippen LogP contribution in [0.1, 0.15) is 24.5 Å². The van der Waals surface area contributed by atoms with E-state index < -0.39 is 0 Å². The molecule has 1 unspecified atom stereocenters. The lowest BCUT2D eigenvalue weighted by atomic mass is 9.94. The summed E-state index contributed by atoms with van der Waals surface area (Å²) < 4.78 is 2.20. The molecule has 0 radical (unpaired) electrons. The number of benzene rings is 1. The highest BCUT2D eigenvalue weighted by Crippen LogP contribution is 2.29. The van der Waals surface area contributed by atoms with Crippen LogP contribution in [0.3, 0.4) is 0 Å². The zero-order valence-electron chi connectivity index (χ0n) is 20.1. The maximum Gasteiger partial charge on any atom is 0.245 e. The van der Waals surface area contributed by atoms with Crippen LogP contribution in [0.15, 0.2) is 61.4 Å². The van der Waals surface area contributed by atoms with Crippen LogP contribution in [0.5, 0.6) is 0 Å². The predicted molar refractivity (Wildman–Crippen MR) is 139 cm³/mol. The number of rotatable bonds is 7. The molecule has 35 heavy (non-hydrogen) atoms. The Hall–Kier alpha value is -3.36. The van der Waals surface area contributed by atoms with E-state index in [9.17, 15) is 4.79 Å². The van der Waals surface area contributed by atoms with Crippen molar-refractivity contribution in [1.82, 2.24) is 19.2 Å². The van der Waals surface area contributed by atoms with Crippen LogP contribution in [-0.4, -0.2) is 82.6 Å². The van der Waals surface area contributed by atoms with Crippen molar-refractivity contribution in [3.8, 4) is 0 Å². The smallest absolute Gasteiger partial charge is 0.245 e. The number of hydrogen-bond donors (Lipinski definition) is 2. The Bertz CT molecular complexity index is 1170. The zero-order valence-corrected chi connectivity index (χ0v) is 20.1. The van der Waals surface area contributed by atoms with Gasteiger partial charge in [0.05, 0.1) is 24.5 Å². The van der Waals surface area contributed by atoms with Gasteiger partial charge in [0.25, 0.3) is 0 Å². The summed E-state index contributed by atoms with van der Waals surface area (Å²) in [6, 6.07) is 12.7. The number of carbonyl (C=O) groups excluding carboxylic acids is 1. The molecule has 4 heterocycles. The number of β-amino-alcohol motifs (C(OH)–C–C–N with tert-alkyl or cyclic N) is 1. The van der Waals surface area contributed by atoms with E-state index in [2.05, 4.69) is 67.5 Å². The minimum atomic E-state index is 0.00932. The number of carbonyl (C=O) groups is 1. The summed E-state index contributed by atoms with van der Waals surface area (Å²) in [6.45, 7) is 10.0. The van der Waals surface area contributed by atoms with E-state index in [1.54, 1.807) is 0 Å². The van der Waals surface area contributed by atoms with Crippen LogP contribution in [0.4, 0.5) is 17.2 Å². The second-order valence-electron chi connectivity index (χ2n) is 9.38. The van der Waals surface area contributed by atoms with Crippen molar-refractivity contribution < 1.29 is 9.90 Å². The third-order valence-corrected chi connectivity index (χ3v) is 7.19. The number of aliphatic hydroxyl groups is 1.